The number of hydrogen-bond donors (Lipinski definition) is 3. The first kappa shape index (κ1) is 13.5. The summed E-state index contributed by atoms with van der Waals surface area (Å²) in [5, 5.41) is 16.2. The summed E-state index contributed by atoms with van der Waals surface area (Å²) in [5.41, 5.74) is 1.17. The molecule has 1 unspecified atom stereocenters. The van der Waals surface area contributed by atoms with Crippen LogP contribution in [0.5, 0.6) is 0 Å². The Bertz CT molecular complexity index is 617. The molecule has 1 atom stereocenters. The Morgan fingerprint density at radius 2 is 2.30 bits per heavy atom. The van der Waals surface area contributed by atoms with Gasteiger partial charge in [-0.3, -0.25) is 4.79 Å². The van der Waals surface area contributed by atoms with Crippen molar-refractivity contribution in [1.29, 1.82) is 0 Å². The van der Waals surface area contributed by atoms with Crippen LogP contribution in [0.3, 0.4) is 0 Å². The molecule has 0 saturated carbocycles. The average molecular weight is 290 g/mol. The number of aliphatic hydroxyl groups excluding tert-OH is 1. The standard InChI is InChI=1S/C15H18N2O2S/c18-8-7-17-15(19)14-13(10-5-6-16-9-10)11-3-1-2-4-12(11)20-14/h1-4,10,16,18H,5-9H2,(H,17,19). The number of carbonyl (C=O) groups excluding carboxylic acids is 1. The number of hydrogen-bond acceptors (Lipinski definition) is 4. The highest BCUT2D eigenvalue weighted by Crippen LogP contribution is 2.38. The van der Waals surface area contributed by atoms with Crippen LogP contribution in [-0.4, -0.2) is 37.3 Å². The van der Waals surface area contributed by atoms with Crippen molar-refractivity contribution < 1.29 is 9.90 Å². The molecular weight excluding hydrogens is 272 g/mol. The Hall–Kier alpha value is -1.43. The van der Waals surface area contributed by atoms with Crippen molar-refractivity contribution in [3.05, 3.63) is 34.7 Å². The van der Waals surface area contributed by atoms with Crippen LogP contribution in [0.2, 0.25) is 0 Å². The normalized spacial score (nSPS) is 18.6. The highest BCUT2D eigenvalue weighted by Gasteiger charge is 2.26. The first-order valence-corrected chi connectivity index (χ1v) is 7.74. The maximum absolute atomic E-state index is 12.3. The second-order valence-corrected chi connectivity index (χ2v) is 6.06. The number of fused-ring (bicyclic) bond motifs is 1. The van der Waals surface area contributed by atoms with Crippen LogP contribution in [0.1, 0.15) is 27.6 Å². The minimum Gasteiger partial charge on any atom is -0.395 e. The molecule has 0 bridgehead atoms. The highest BCUT2D eigenvalue weighted by atomic mass is 32.1. The molecule has 2 aromatic rings. The lowest BCUT2D eigenvalue weighted by Crippen LogP contribution is -2.26. The Balaban J connectivity index is 2.05. The predicted molar refractivity (Wildman–Crippen MR) is 81.5 cm³/mol. The maximum atomic E-state index is 12.3. The molecule has 1 aromatic carbocycles. The molecule has 20 heavy (non-hydrogen) atoms. The molecule has 4 nitrogen and oxygen atoms in total. The quantitative estimate of drug-likeness (QED) is 0.803. The van der Waals surface area contributed by atoms with Gasteiger partial charge in [-0.25, -0.2) is 0 Å². The van der Waals surface area contributed by atoms with Crippen LogP contribution in [0.15, 0.2) is 24.3 Å². The zero-order valence-electron chi connectivity index (χ0n) is 11.2. The topological polar surface area (TPSA) is 61.4 Å². The lowest BCUT2D eigenvalue weighted by molar-refractivity contribution is 0.0947. The van der Waals surface area contributed by atoms with E-state index in [1.165, 1.54) is 10.9 Å². The van der Waals surface area contributed by atoms with E-state index in [9.17, 15) is 4.79 Å². The number of rotatable bonds is 4. The Kier molecular flexibility index (Phi) is 4.00. The van der Waals surface area contributed by atoms with E-state index in [-0.39, 0.29) is 12.5 Å². The summed E-state index contributed by atoms with van der Waals surface area (Å²) < 4.78 is 1.16. The van der Waals surface area contributed by atoms with E-state index in [1.54, 1.807) is 11.3 Å². The van der Waals surface area contributed by atoms with Crippen molar-refractivity contribution in [2.24, 2.45) is 0 Å². The zero-order valence-corrected chi connectivity index (χ0v) is 12.0. The molecule has 0 radical (unpaired) electrons. The number of thiophene rings is 1. The van der Waals surface area contributed by atoms with Gasteiger partial charge in [0.15, 0.2) is 0 Å². The summed E-state index contributed by atoms with van der Waals surface area (Å²) in [6, 6.07) is 8.19. The number of aliphatic hydroxyl groups is 1. The van der Waals surface area contributed by atoms with E-state index in [0.29, 0.717) is 12.5 Å². The molecule has 1 aromatic heterocycles. The third-order valence-corrected chi connectivity index (χ3v) is 4.89. The highest BCUT2D eigenvalue weighted by molar-refractivity contribution is 7.21. The zero-order chi connectivity index (χ0) is 13.9. The third-order valence-electron chi connectivity index (χ3n) is 3.71. The SMILES string of the molecule is O=C(NCCO)c1sc2ccccc2c1C1CCNC1. The summed E-state index contributed by atoms with van der Waals surface area (Å²) in [6.45, 7) is 2.21. The van der Waals surface area contributed by atoms with Gasteiger partial charge >= 0.3 is 0 Å². The van der Waals surface area contributed by atoms with Crippen LogP contribution < -0.4 is 10.6 Å². The fourth-order valence-corrected chi connectivity index (χ4v) is 4.00. The van der Waals surface area contributed by atoms with E-state index in [1.807, 2.05) is 12.1 Å². The minimum atomic E-state index is -0.0675. The largest absolute Gasteiger partial charge is 0.395 e. The van der Waals surface area contributed by atoms with Gasteiger partial charge in [-0.05, 0) is 35.9 Å². The van der Waals surface area contributed by atoms with Gasteiger partial charge in [0, 0.05) is 17.8 Å². The van der Waals surface area contributed by atoms with Crippen molar-refractivity contribution in [2.75, 3.05) is 26.2 Å². The first-order valence-electron chi connectivity index (χ1n) is 6.92. The summed E-state index contributed by atoms with van der Waals surface area (Å²) in [5.74, 6) is 0.336. The van der Waals surface area contributed by atoms with Crippen LogP contribution in [0.4, 0.5) is 0 Å². The van der Waals surface area contributed by atoms with Gasteiger partial charge in [0.1, 0.15) is 0 Å². The third kappa shape index (κ3) is 2.44. The van der Waals surface area contributed by atoms with E-state index >= 15 is 0 Å². The van der Waals surface area contributed by atoms with Crippen molar-refractivity contribution in [3.63, 3.8) is 0 Å². The molecule has 1 aliphatic heterocycles. The Morgan fingerprint density at radius 1 is 1.45 bits per heavy atom. The molecule has 3 rings (SSSR count). The smallest absolute Gasteiger partial charge is 0.261 e. The molecular formula is C15H18N2O2S. The summed E-state index contributed by atoms with van der Waals surface area (Å²) in [7, 11) is 0. The van der Waals surface area contributed by atoms with Gasteiger partial charge in [0.2, 0.25) is 0 Å². The number of nitrogens with one attached hydrogen (secondary N) is 2. The van der Waals surface area contributed by atoms with Gasteiger partial charge in [-0.2, -0.15) is 0 Å². The van der Waals surface area contributed by atoms with Crippen molar-refractivity contribution >= 4 is 27.3 Å². The fraction of sp³-hybridized carbons (Fsp3) is 0.400. The molecule has 1 aliphatic rings. The predicted octanol–water partition coefficient (Wildman–Crippen LogP) is 1.70. The molecule has 5 heteroatoms. The van der Waals surface area contributed by atoms with Crippen molar-refractivity contribution in [3.8, 4) is 0 Å². The van der Waals surface area contributed by atoms with Gasteiger partial charge in [0.25, 0.3) is 5.91 Å². The van der Waals surface area contributed by atoms with E-state index in [4.69, 9.17) is 5.11 Å². The van der Waals surface area contributed by atoms with E-state index < -0.39 is 0 Å². The molecule has 0 spiro atoms. The number of carbonyl (C=O) groups is 1. The molecule has 3 N–H and O–H groups in total. The van der Waals surface area contributed by atoms with Crippen LogP contribution >= 0.6 is 11.3 Å². The van der Waals surface area contributed by atoms with Crippen LogP contribution in [-0.2, 0) is 0 Å². The maximum Gasteiger partial charge on any atom is 0.261 e. The lowest BCUT2D eigenvalue weighted by Gasteiger charge is -2.11. The summed E-state index contributed by atoms with van der Waals surface area (Å²) in [6.07, 6.45) is 1.07. The molecule has 1 fully saturated rings. The molecule has 0 aliphatic carbocycles. The van der Waals surface area contributed by atoms with Crippen LogP contribution in [0, 0.1) is 0 Å². The van der Waals surface area contributed by atoms with Gasteiger partial charge in [-0.15, -0.1) is 11.3 Å². The van der Waals surface area contributed by atoms with Crippen molar-refractivity contribution in [2.45, 2.75) is 12.3 Å². The summed E-state index contributed by atoms with van der Waals surface area (Å²) >= 11 is 1.55. The molecule has 2 heterocycles. The second kappa shape index (κ2) is 5.91. The first-order chi connectivity index (χ1) is 9.81. The lowest BCUT2D eigenvalue weighted by atomic mass is 9.95. The number of benzene rings is 1. The molecule has 1 amide bonds. The van der Waals surface area contributed by atoms with Gasteiger partial charge in [-0.1, -0.05) is 18.2 Å². The molecule has 106 valence electrons. The Morgan fingerprint density at radius 3 is 3.05 bits per heavy atom. The van der Waals surface area contributed by atoms with Gasteiger partial charge < -0.3 is 15.7 Å². The van der Waals surface area contributed by atoms with Crippen molar-refractivity contribution in [1.82, 2.24) is 10.6 Å². The Labute approximate surface area is 121 Å². The molecule has 1 saturated heterocycles. The van der Waals surface area contributed by atoms with Crippen LogP contribution in [0.25, 0.3) is 10.1 Å². The fourth-order valence-electron chi connectivity index (χ4n) is 2.79. The van der Waals surface area contributed by atoms with E-state index in [2.05, 4.69) is 22.8 Å². The minimum absolute atomic E-state index is 0.0308. The monoisotopic (exact) mass is 290 g/mol. The average Bonchev–Trinajstić information content (AvgIpc) is 3.10. The summed E-state index contributed by atoms with van der Waals surface area (Å²) in [4.78, 5) is 13.1. The number of amides is 1. The van der Waals surface area contributed by atoms with Gasteiger partial charge in [0.05, 0.1) is 11.5 Å². The second-order valence-electron chi connectivity index (χ2n) is 5.01. The van der Waals surface area contributed by atoms with E-state index in [0.717, 1.165) is 29.1 Å².